The normalized spacial score (nSPS) is 10.7. The van der Waals surface area contributed by atoms with Crippen molar-refractivity contribution < 1.29 is 4.39 Å². The highest BCUT2D eigenvalue weighted by Crippen LogP contribution is 2.15. The average Bonchev–Trinajstić information content (AvgIpc) is 2.63. The van der Waals surface area contributed by atoms with Crippen LogP contribution in [0.2, 0.25) is 0 Å². The van der Waals surface area contributed by atoms with Crippen molar-refractivity contribution in [2.24, 2.45) is 0 Å². The Labute approximate surface area is 151 Å². The van der Waals surface area contributed by atoms with E-state index in [1.54, 1.807) is 25.3 Å². The number of rotatable bonds is 6. The van der Waals surface area contributed by atoms with Crippen LogP contribution in [0.1, 0.15) is 23.2 Å². The summed E-state index contributed by atoms with van der Waals surface area (Å²) in [4.78, 5) is 23.4. The average molecular weight is 352 g/mol. The second-order valence-corrected chi connectivity index (χ2v) is 6.22. The number of nitrogens with zero attached hydrogens (tertiary/aromatic N) is 2. The third-order valence-electron chi connectivity index (χ3n) is 4.27. The molecule has 0 aliphatic carbocycles. The van der Waals surface area contributed by atoms with Crippen molar-refractivity contribution in [1.82, 2.24) is 15.0 Å². The van der Waals surface area contributed by atoms with Gasteiger partial charge in [0.05, 0.1) is 0 Å². The summed E-state index contributed by atoms with van der Waals surface area (Å²) >= 11 is 0. The molecule has 0 unspecified atom stereocenters. The Kier molecular flexibility index (Phi) is 5.41. The Balaban J connectivity index is 1.57. The minimum Gasteiger partial charge on any atom is -0.370 e. The lowest BCUT2D eigenvalue weighted by molar-refractivity contribution is 0.624. The van der Waals surface area contributed by atoms with Gasteiger partial charge < -0.3 is 10.3 Å². The molecule has 2 aromatic heterocycles. The highest BCUT2D eigenvalue weighted by molar-refractivity contribution is 5.56. The topological polar surface area (TPSA) is 70.7 Å². The van der Waals surface area contributed by atoms with Crippen LogP contribution in [0.25, 0.3) is 11.4 Å². The number of aromatic nitrogens is 3. The molecular weight excluding hydrogens is 331 g/mol. The van der Waals surface area contributed by atoms with E-state index in [0.29, 0.717) is 17.1 Å². The largest absolute Gasteiger partial charge is 0.370 e. The molecule has 0 saturated heterocycles. The zero-order valence-corrected chi connectivity index (χ0v) is 14.8. The summed E-state index contributed by atoms with van der Waals surface area (Å²) in [6.07, 6.45) is 3.36. The van der Waals surface area contributed by atoms with E-state index in [0.717, 1.165) is 36.3 Å². The van der Waals surface area contributed by atoms with Crippen LogP contribution in [0.5, 0.6) is 0 Å². The fourth-order valence-electron chi connectivity index (χ4n) is 2.62. The minimum atomic E-state index is -0.203. The van der Waals surface area contributed by atoms with E-state index in [-0.39, 0.29) is 11.4 Å². The molecule has 134 valence electrons. The van der Waals surface area contributed by atoms with Crippen LogP contribution in [-0.4, -0.2) is 21.5 Å². The van der Waals surface area contributed by atoms with E-state index in [1.165, 1.54) is 6.07 Å². The molecule has 0 spiro atoms. The summed E-state index contributed by atoms with van der Waals surface area (Å²) in [5, 5.41) is 3.24. The number of halogens is 1. The van der Waals surface area contributed by atoms with E-state index >= 15 is 0 Å². The van der Waals surface area contributed by atoms with Gasteiger partial charge in [0.15, 0.2) is 0 Å². The number of benzene rings is 1. The third kappa shape index (κ3) is 4.33. The molecule has 0 aliphatic heterocycles. The first-order valence-corrected chi connectivity index (χ1v) is 8.55. The van der Waals surface area contributed by atoms with Crippen molar-refractivity contribution in [1.29, 1.82) is 0 Å². The summed E-state index contributed by atoms with van der Waals surface area (Å²) in [6, 6.07) is 10.4. The summed E-state index contributed by atoms with van der Waals surface area (Å²) in [6.45, 7) is 4.30. The number of aromatic amines is 1. The predicted molar refractivity (Wildman–Crippen MR) is 101 cm³/mol. The van der Waals surface area contributed by atoms with Gasteiger partial charge in [-0.3, -0.25) is 4.79 Å². The molecule has 5 nitrogen and oxygen atoms in total. The van der Waals surface area contributed by atoms with Crippen LogP contribution in [0, 0.1) is 19.7 Å². The zero-order chi connectivity index (χ0) is 18.5. The summed E-state index contributed by atoms with van der Waals surface area (Å²) in [7, 11) is 0. The van der Waals surface area contributed by atoms with Crippen LogP contribution >= 0.6 is 0 Å². The lowest BCUT2D eigenvalue weighted by Gasteiger charge is -2.08. The zero-order valence-electron chi connectivity index (χ0n) is 14.8. The number of pyridine rings is 1. The van der Waals surface area contributed by atoms with Gasteiger partial charge in [0.25, 0.3) is 5.56 Å². The fourth-order valence-corrected chi connectivity index (χ4v) is 2.62. The van der Waals surface area contributed by atoms with Gasteiger partial charge in [0, 0.05) is 29.6 Å². The molecule has 2 heterocycles. The maximum absolute atomic E-state index is 13.1. The number of hydrogen-bond donors (Lipinski definition) is 2. The van der Waals surface area contributed by atoms with Gasteiger partial charge >= 0.3 is 0 Å². The maximum atomic E-state index is 13.1. The number of aryl methyl sites for hydroxylation is 2. The minimum absolute atomic E-state index is 0.132. The van der Waals surface area contributed by atoms with E-state index in [1.807, 2.05) is 25.1 Å². The SMILES string of the molecule is Cc1nc(-c2ccc(NCCCc3cccc(F)c3)nc2)[nH]c(=O)c1C. The van der Waals surface area contributed by atoms with Gasteiger partial charge in [-0.05, 0) is 56.5 Å². The first-order chi connectivity index (χ1) is 12.5. The molecular formula is C20H21FN4O. The standard InChI is InChI=1S/C20H21FN4O/c1-13-14(2)24-19(25-20(13)26)16-8-9-18(23-12-16)22-10-4-6-15-5-3-7-17(21)11-15/h3,5,7-9,11-12H,4,6,10H2,1-2H3,(H,22,23)(H,24,25,26). The molecule has 0 atom stereocenters. The molecule has 0 amide bonds. The second kappa shape index (κ2) is 7.91. The molecule has 1 aromatic carbocycles. The van der Waals surface area contributed by atoms with Crippen molar-refractivity contribution in [3.8, 4) is 11.4 Å². The molecule has 3 rings (SSSR count). The van der Waals surface area contributed by atoms with Crippen molar-refractivity contribution in [3.63, 3.8) is 0 Å². The molecule has 0 aliphatic rings. The number of H-pyrrole nitrogens is 1. The van der Waals surface area contributed by atoms with Crippen LogP contribution in [0.15, 0.2) is 47.4 Å². The monoisotopic (exact) mass is 352 g/mol. The van der Waals surface area contributed by atoms with E-state index in [4.69, 9.17) is 0 Å². The van der Waals surface area contributed by atoms with Crippen molar-refractivity contribution in [2.45, 2.75) is 26.7 Å². The molecule has 0 saturated carbocycles. The quantitative estimate of drug-likeness (QED) is 0.665. The number of nitrogens with one attached hydrogen (secondary N) is 2. The van der Waals surface area contributed by atoms with Crippen molar-refractivity contribution in [3.05, 3.63) is 75.6 Å². The Morgan fingerprint density at radius 2 is 2.04 bits per heavy atom. The smallest absolute Gasteiger partial charge is 0.254 e. The van der Waals surface area contributed by atoms with Gasteiger partial charge in [0.1, 0.15) is 17.5 Å². The van der Waals surface area contributed by atoms with Crippen molar-refractivity contribution >= 4 is 5.82 Å². The highest BCUT2D eigenvalue weighted by Gasteiger charge is 2.06. The van der Waals surface area contributed by atoms with Crippen LogP contribution in [0.4, 0.5) is 10.2 Å². The lowest BCUT2D eigenvalue weighted by atomic mass is 10.1. The van der Waals surface area contributed by atoms with Gasteiger partial charge in [-0.2, -0.15) is 0 Å². The van der Waals surface area contributed by atoms with Gasteiger partial charge in [-0.15, -0.1) is 0 Å². The highest BCUT2D eigenvalue weighted by atomic mass is 19.1. The van der Waals surface area contributed by atoms with E-state index in [9.17, 15) is 9.18 Å². The van der Waals surface area contributed by atoms with E-state index in [2.05, 4.69) is 20.3 Å². The molecule has 6 heteroatoms. The third-order valence-corrected chi connectivity index (χ3v) is 4.27. The number of hydrogen-bond acceptors (Lipinski definition) is 4. The molecule has 0 fully saturated rings. The first-order valence-electron chi connectivity index (χ1n) is 8.55. The van der Waals surface area contributed by atoms with Crippen LogP contribution in [-0.2, 0) is 6.42 Å². The molecule has 2 N–H and O–H groups in total. The Morgan fingerprint density at radius 3 is 2.73 bits per heavy atom. The molecule has 26 heavy (non-hydrogen) atoms. The molecule has 3 aromatic rings. The molecule has 0 bridgehead atoms. The van der Waals surface area contributed by atoms with Crippen LogP contribution in [0.3, 0.4) is 0 Å². The summed E-state index contributed by atoms with van der Waals surface area (Å²) in [5.74, 6) is 1.06. The van der Waals surface area contributed by atoms with Gasteiger partial charge in [-0.25, -0.2) is 14.4 Å². The van der Waals surface area contributed by atoms with Crippen molar-refractivity contribution in [2.75, 3.05) is 11.9 Å². The van der Waals surface area contributed by atoms with E-state index < -0.39 is 0 Å². The summed E-state index contributed by atoms with van der Waals surface area (Å²) < 4.78 is 13.1. The predicted octanol–water partition coefficient (Wildman–Crippen LogP) is 3.63. The first kappa shape index (κ1) is 17.8. The Bertz CT molecular complexity index is 951. The second-order valence-electron chi connectivity index (χ2n) is 6.22. The fraction of sp³-hybridized carbons (Fsp3) is 0.250. The van der Waals surface area contributed by atoms with Gasteiger partial charge in [0.2, 0.25) is 0 Å². The van der Waals surface area contributed by atoms with Crippen LogP contribution < -0.4 is 10.9 Å². The van der Waals surface area contributed by atoms with Gasteiger partial charge in [-0.1, -0.05) is 12.1 Å². The lowest BCUT2D eigenvalue weighted by Crippen LogP contribution is -2.14. The molecule has 0 radical (unpaired) electrons. The Morgan fingerprint density at radius 1 is 1.19 bits per heavy atom. The summed E-state index contributed by atoms with van der Waals surface area (Å²) in [5.41, 5.74) is 2.95. The number of anilines is 1. The maximum Gasteiger partial charge on any atom is 0.254 e. The Hall–Kier alpha value is -3.02.